The maximum atomic E-state index is 9.15. The minimum absolute atomic E-state index is 0.295. The number of hydrogen-bond acceptors (Lipinski definition) is 4. The molecule has 0 saturated carbocycles. The molecule has 2 N–H and O–H groups in total. The van der Waals surface area contributed by atoms with E-state index in [0.29, 0.717) is 11.7 Å². The number of benzene rings is 1. The van der Waals surface area contributed by atoms with Gasteiger partial charge < -0.3 is 10.4 Å². The summed E-state index contributed by atoms with van der Waals surface area (Å²) in [5.41, 5.74) is 2.22. The van der Waals surface area contributed by atoms with E-state index in [-0.39, 0.29) is 0 Å². The lowest BCUT2D eigenvalue weighted by molar-refractivity contribution is 0.475. The fourth-order valence-electron chi connectivity index (χ4n) is 1.47. The zero-order valence-electron chi connectivity index (χ0n) is 9.72. The molecular formula is C13H15N3O. The molecule has 0 spiro atoms. The van der Waals surface area contributed by atoms with Crippen LogP contribution in [0, 0.1) is 6.92 Å². The molecule has 0 fully saturated rings. The third kappa shape index (κ3) is 3.45. The highest BCUT2D eigenvalue weighted by Crippen LogP contribution is 2.10. The van der Waals surface area contributed by atoms with Crippen LogP contribution >= 0.6 is 0 Å². The Bertz CT molecular complexity index is 420. The van der Waals surface area contributed by atoms with Gasteiger partial charge in [0.2, 0.25) is 5.95 Å². The van der Waals surface area contributed by atoms with E-state index in [1.165, 1.54) is 5.56 Å². The van der Waals surface area contributed by atoms with Crippen LogP contribution in [-0.2, 0) is 6.42 Å². The molecule has 1 heterocycles. The largest absolute Gasteiger partial charge is 0.508 e. The van der Waals surface area contributed by atoms with Crippen molar-refractivity contribution in [3.63, 3.8) is 0 Å². The standard InChI is InChI=1S/C13H15N3O/c1-10-8-15-13(16-9-10)14-7-6-11-2-4-12(17)5-3-11/h2-5,8-9,17H,6-7H2,1H3,(H,14,15,16). The monoisotopic (exact) mass is 229 g/mol. The number of rotatable bonds is 4. The minimum atomic E-state index is 0.295. The topological polar surface area (TPSA) is 58.0 Å². The number of phenolic OH excluding ortho intramolecular Hbond substituents is 1. The van der Waals surface area contributed by atoms with E-state index in [4.69, 9.17) is 5.11 Å². The van der Waals surface area contributed by atoms with E-state index in [0.717, 1.165) is 18.5 Å². The van der Waals surface area contributed by atoms with Crippen molar-refractivity contribution < 1.29 is 5.11 Å². The second-order valence-corrected chi connectivity index (χ2v) is 3.93. The van der Waals surface area contributed by atoms with Gasteiger partial charge in [0, 0.05) is 18.9 Å². The Hall–Kier alpha value is -2.10. The number of aromatic hydroxyl groups is 1. The van der Waals surface area contributed by atoms with Gasteiger partial charge in [-0.2, -0.15) is 0 Å². The predicted octanol–water partition coefficient (Wildman–Crippen LogP) is 2.15. The molecule has 2 rings (SSSR count). The minimum Gasteiger partial charge on any atom is -0.508 e. The molecular weight excluding hydrogens is 214 g/mol. The smallest absolute Gasteiger partial charge is 0.222 e. The second kappa shape index (κ2) is 5.30. The Kier molecular flexibility index (Phi) is 3.55. The Balaban J connectivity index is 1.83. The molecule has 0 aliphatic heterocycles. The van der Waals surface area contributed by atoms with Gasteiger partial charge in [0.15, 0.2) is 0 Å². The molecule has 4 heteroatoms. The first-order valence-electron chi connectivity index (χ1n) is 5.54. The van der Waals surface area contributed by atoms with Crippen molar-refractivity contribution in [2.24, 2.45) is 0 Å². The van der Waals surface area contributed by atoms with Crippen LogP contribution in [0.5, 0.6) is 5.75 Å². The van der Waals surface area contributed by atoms with Gasteiger partial charge in [-0.25, -0.2) is 9.97 Å². The second-order valence-electron chi connectivity index (χ2n) is 3.93. The number of nitrogens with one attached hydrogen (secondary N) is 1. The van der Waals surface area contributed by atoms with Crippen molar-refractivity contribution in [3.05, 3.63) is 47.8 Å². The number of nitrogens with zero attached hydrogens (tertiary/aromatic N) is 2. The molecule has 1 aromatic heterocycles. The van der Waals surface area contributed by atoms with Gasteiger partial charge in [0.1, 0.15) is 5.75 Å². The molecule has 0 aliphatic rings. The lowest BCUT2D eigenvalue weighted by atomic mass is 10.1. The van der Waals surface area contributed by atoms with E-state index in [9.17, 15) is 0 Å². The van der Waals surface area contributed by atoms with Crippen LogP contribution in [-0.4, -0.2) is 21.6 Å². The predicted molar refractivity (Wildman–Crippen MR) is 67.1 cm³/mol. The summed E-state index contributed by atoms with van der Waals surface area (Å²) in [5.74, 6) is 0.943. The molecule has 0 amide bonds. The van der Waals surface area contributed by atoms with Crippen LogP contribution in [0.25, 0.3) is 0 Å². The molecule has 0 radical (unpaired) electrons. The van der Waals surface area contributed by atoms with E-state index >= 15 is 0 Å². The van der Waals surface area contributed by atoms with Crippen LogP contribution in [0.15, 0.2) is 36.7 Å². The van der Waals surface area contributed by atoms with Crippen LogP contribution in [0.2, 0.25) is 0 Å². The van der Waals surface area contributed by atoms with Gasteiger partial charge in [-0.1, -0.05) is 12.1 Å². The average Bonchev–Trinajstić information content (AvgIpc) is 2.34. The van der Waals surface area contributed by atoms with Crippen LogP contribution in [0.4, 0.5) is 5.95 Å². The third-order valence-corrected chi connectivity index (χ3v) is 2.41. The fourth-order valence-corrected chi connectivity index (χ4v) is 1.47. The highest BCUT2D eigenvalue weighted by Gasteiger charge is 1.96. The average molecular weight is 229 g/mol. The summed E-state index contributed by atoms with van der Waals surface area (Å²) in [4.78, 5) is 8.32. The molecule has 0 unspecified atom stereocenters. The van der Waals surface area contributed by atoms with Gasteiger partial charge in [-0.3, -0.25) is 0 Å². The SMILES string of the molecule is Cc1cnc(NCCc2ccc(O)cc2)nc1. The van der Waals surface area contributed by atoms with Crippen molar-refractivity contribution in [3.8, 4) is 5.75 Å². The van der Waals surface area contributed by atoms with Crippen LogP contribution < -0.4 is 5.32 Å². The van der Waals surface area contributed by atoms with Crippen LogP contribution in [0.3, 0.4) is 0 Å². The zero-order chi connectivity index (χ0) is 12.1. The van der Waals surface area contributed by atoms with Crippen molar-refractivity contribution in [2.45, 2.75) is 13.3 Å². The molecule has 88 valence electrons. The van der Waals surface area contributed by atoms with Gasteiger partial charge in [0.25, 0.3) is 0 Å². The fraction of sp³-hybridized carbons (Fsp3) is 0.231. The number of hydrogen-bond donors (Lipinski definition) is 2. The molecule has 4 nitrogen and oxygen atoms in total. The Morgan fingerprint density at radius 3 is 2.41 bits per heavy atom. The van der Waals surface area contributed by atoms with Crippen molar-refractivity contribution >= 4 is 5.95 Å². The highest BCUT2D eigenvalue weighted by atomic mass is 16.3. The number of aromatic nitrogens is 2. The Labute approximate surface area is 100 Å². The maximum absolute atomic E-state index is 9.15. The maximum Gasteiger partial charge on any atom is 0.222 e. The molecule has 17 heavy (non-hydrogen) atoms. The van der Waals surface area contributed by atoms with Gasteiger partial charge >= 0.3 is 0 Å². The molecule has 0 atom stereocenters. The molecule has 2 aromatic rings. The first-order chi connectivity index (χ1) is 8.24. The quantitative estimate of drug-likeness (QED) is 0.843. The number of aryl methyl sites for hydroxylation is 1. The van der Waals surface area contributed by atoms with E-state index < -0.39 is 0 Å². The highest BCUT2D eigenvalue weighted by molar-refractivity contribution is 5.28. The lowest BCUT2D eigenvalue weighted by Crippen LogP contribution is -2.07. The first-order valence-corrected chi connectivity index (χ1v) is 5.54. The van der Waals surface area contributed by atoms with Crippen LogP contribution in [0.1, 0.15) is 11.1 Å². The third-order valence-electron chi connectivity index (χ3n) is 2.41. The summed E-state index contributed by atoms with van der Waals surface area (Å²) in [6.07, 6.45) is 4.45. The van der Waals surface area contributed by atoms with Crippen molar-refractivity contribution in [2.75, 3.05) is 11.9 Å². The summed E-state index contributed by atoms with van der Waals surface area (Å²) in [5, 5.41) is 12.3. The Morgan fingerprint density at radius 1 is 1.12 bits per heavy atom. The lowest BCUT2D eigenvalue weighted by Gasteiger charge is -2.04. The molecule has 0 bridgehead atoms. The summed E-state index contributed by atoms with van der Waals surface area (Å²) in [6.45, 7) is 2.73. The van der Waals surface area contributed by atoms with E-state index in [1.807, 2.05) is 19.1 Å². The van der Waals surface area contributed by atoms with Crippen molar-refractivity contribution in [1.29, 1.82) is 0 Å². The summed E-state index contributed by atoms with van der Waals surface area (Å²) in [6, 6.07) is 7.20. The summed E-state index contributed by atoms with van der Waals surface area (Å²) >= 11 is 0. The number of anilines is 1. The first kappa shape index (κ1) is 11.4. The van der Waals surface area contributed by atoms with Gasteiger partial charge in [-0.15, -0.1) is 0 Å². The summed E-state index contributed by atoms with van der Waals surface area (Å²) in [7, 11) is 0. The van der Waals surface area contributed by atoms with E-state index in [1.54, 1.807) is 24.5 Å². The molecule has 0 aliphatic carbocycles. The number of phenols is 1. The summed E-state index contributed by atoms with van der Waals surface area (Å²) < 4.78 is 0. The van der Waals surface area contributed by atoms with Gasteiger partial charge in [-0.05, 0) is 36.6 Å². The van der Waals surface area contributed by atoms with Gasteiger partial charge in [0.05, 0.1) is 0 Å². The van der Waals surface area contributed by atoms with E-state index in [2.05, 4.69) is 15.3 Å². The molecule has 1 aromatic carbocycles. The Morgan fingerprint density at radius 2 is 1.76 bits per heavy atom. The normalized spacial score (nSPS) is 10.2. The molecule has 0 saturated heterocycles. The van der Waals surface area contributed by atoms with Crippen molar-refractivity contribution in [1.82, 2.24) is 9.97 Å². The zero-order valence-corrected chi connectivity index (χ0v) is 9.72.